The number of hydrogen-bond donors (Lipinski definition) is 1. The second-order valence-electron chi connectivity index (χ2n) is 7.13. The fraction of sp³-hybridized carbons (Fsp3) is 0.381. The van der Waals surface area contributed by atoms with Gasteiger partial charge in [0, 0.05) is 18.7 Å². The van der Waals surface area contributed by atoms with Crippen LogP contribution in [0.2, 0.25) is 0 Å². The van der Waals surface area contributed by atoms with Gasteiger partial charge in [-0.3, -0.25) is 4.79 Å². The molecule has 1 aliphatic carbocycles. The number of amides is 1. The summed E-state index contributed by atoms with van der Waals surface area (Å²) in [7, 11) is -4.04. The van der Waals surface area contributed by atoms with E-state index in [1.807, 2.05) is 0 Å². The first kappa shape index (κ1) is 21.4. The van der Waals surface area contributed by atoms with Gasteiger partial charge in [0.1, 0.15) is 16.5 Å². The van der Waals surface area contributed by atoms with E-state index in [1.165, 1.54) is 18.2 Å². The van der Waals surface area contributed by atoms with Crippen molar-refractivity contribution in [3.63, 3.8) is 0 Å². The Morgan fingerprint density at radius 1 is 1.07 bits per heavy atom. The molecule has 0 spiro atoms. The molecule has 1 fully saturated rings. The first-order valence-electron chi connectivity index (χ1n) is 9.62. The van der Waals surface area contributed by atoms with E-state index in [2.05, 4.69) is 5.32 Å². The molecule has 29 heavy (non-hydrogen) atoms. The largest absolute Gasteiger partial charge is 0.343 e. The second-order valence-corrected chi connectivity index (χ2v) is 9.04. The molecule has 0 aromatic heterocycles. The molecule has 5 nitrogen and oxygen atoms in total. The van der Waals surface area contributed by atoms with Crippen molar-refractivity contribution < 1.29 is 22.0 Å². The molecule has 1 aliphatic rings. The third-order valence-corrected chi connectivity index (χ3v) is 7.54. The minimum atomic E-state index is -4.04. The zero-order valence-corrected chi connectivity index (χ0v) is 17.2. The summed E-state index contributed by atoms with van der Waals surface area (Å²) in [5, 5.41) is 2.94. The highest BCUT2D eigenvalue weighted by atomic mass is 32.2. The number of carbonyl (C=O) groups excluding carboxylic acids is 1. The quantitative estimate of drug-likeness (QED) is 0.738. The Labute approximate surface area is 169 Å². The maximum atomic E-state index is 14.3. The number of benzene rings is 2. The molecule has 0 heterocycles. The molecule has 0 unspecified atom stereocenters. The van der Waals surface area contributed by atoms with Crippen molar-refractivity contribution in [3.8, 4) is 0 Å². The van der Waals surface area contributed by atoms with Crippen molar-refractivity contribution in [3.05, 3.63) is 65.2 Å². The Morgan fingerprint density at radius 2 is 1.69 bits per heavy atom. The molecule has 8 heteroatoms. The summed E-state index contributed by atoms with van der Waals surface area (Å²) in [6, 6.07) is 9.29. The van der Waals surface area contributed by atoms with E-state index in [4.69, 9.17) is 0 Å². The Kier molecular flexibility index (Phi) is 6.05. The van der Waals surface area contributed by atoms with E-state index in [9.17, 15) is 22.0 Å². The molecule has 0 saturated heterocycles. The lowest BCUT2D eigenvalue weighted by atomic mass is 9.71. The van der Waals surface area contributed by atoms with Crippen LogP contribution in [0.15, 0.2) is 47.4 Å². The maximum Gasteiger partial charge on any atom is 0.252 e. The van der Waals surface area contributed by atoms with Gasteiger partial charge in [0.15, 0.2) is 0 Å². The summed E-state index contributed by atoms with van der Waals surface area (Å²) in [4.78, 5) is 12.4. The molecule has 0 aliphatic heterocycles. The molecular weight excluding hydrogens is 398 g/mol. The third-order valence-electron chi connectivity index (χ3n) is 5.47. The van der Waals surface area contributed by atoms with Gasteiger partial charge in [-0.15, -0.1) is 0 Å². The lowest BCUT2D eigenvalue weighted by Gasteiger charge is -2.43. The van der Waals surface area contributed by atoms with Gasteiger partial charge in [-0.2, -0.15) is 4.31 Å². The Morgan fingerprint density at radius 3 is 2.21 bits per heavy atom. The number of carbonyl (C=O) groups is 1. The fourth-order valence-electron chi connectivity index (χ4n) is 3.62. The van der Waals surface area contributed by atoms with Gasteiger partial charge in [-0.05, 0) is 55.2 Å². The standard InChI is InChI=1S/C21H24F2N2O3S/c1-3-25(4-2)29(27,28)19-14-15(6-11-18(19)23)20(26)24-21(12-5-13-21)16-7-9-17(22)10-8-16/h6-11,14H,3-5,12-13H2,1-2H3,(H,24,26). The number of sulfonamides is 1. The molecule has 156 valence electrons. The Balaban J connectivity index is 1.91. The van der Waals surface area contributed by atoms with E-state index >= 15 is 0 Å². The summed E-state index contributed by atoms with van der Waals surface area (Å²) in [5.41, 5.74) is 0.221. The zero-order chi connectivity index (χ0) is 21.2. The van der Waals surface area contributed by atoms with Crippen molar-refractivity contribution in [2.45, 2.75) is 43.5 Å². The van der Waals surface area contributed by atoms with Crippen LogP contribution in [0.3, 0.4) is 0 Å². The second kappa shape index (κ2) is 8.20. The van der Waals surface area contributed by atoms with Gasteiger partial charge in [-0.1, -0.05) is 26.0 Å². The predicted octanol–water partition coefficient (Wildman–Crippen LogP) is 3.80. The molecule has 0 radical (unpaired) electrons. The molecule has 2 aromatic carbocycles. The van der Waals surface area contributed by atoms with Crippen LogP contribution >= 0.6 is 0 Å². The number of nitrogens with one attached hydrogen (secondary N) is 1. The fourth-order valence-corrected chi connectivity index (χ4v) is 5.17. The number of halogens is 2. The van der Waals surface area contributed by atoms with Crippen LogP contribution in [0.4, 0.5) is 8.78 Å². The van der Waals surface area contributed by atoms with Gasteiger partial charge in [0.2, 0.25) is 10.0 Å². The van der Waals surface area contributed by atoms with Crippen LogP contribution in [-0.2, 0) is 15.6 Å². The van der Waals surface area contributed by atoms with Gasteiger partial charge in [0.25, 0.3) is 5.91 Å². The van der Waals surface area contributed by atoms with Crippen molar-refractivity contribution in [1.29, 1.82) is 0 Å². The van der Waals surface area contributed by atoms with Gasteiger partial charge >= 0.3 is 0 Å². The van der Waals surface area contributed by atoms with Crippen LogP contribution in [0.1, 0.15) is 49.0 Å². The molecule has 1 amide bonds. The maximum absolute atomic E-state index is 14.3. The summed E-state index contributed by atoms with van der Waals surface area (Å²) < 4.78 is 54.1. The molecular formula is C21H24F2N2O3S. The lowest BCUT2D eigenvalue weighted by molar-refractivity contribution is 0.0823. The highest BCUT2D eigenvalue weighted by molar-refractivity contribution is 7.89. The van der Waals surface area contributed by atoms with Crippen LogP contribution < -0.4 is 5.32 Å². The average molecular weight is 422 g/mol. The van der Waals surface area contributed by atoms with E-state index < -0.39 is 32.2 Å². The van der Waals surface area contributed by atoms with Crippen LogP contribution in [0.5, 0.6) is 0 Å². The number of hydrogen-bond acceptors (Lipinski definition) is 3. The molecule has 2 aromatic rings. The monoisotopic (exact) mass is 422 g/mol. The highest BCUT2D eigenvalue weighted by Crippen LogP contribution is 2.41. The topological polar surface area (TPSA) is 66.5 Å². The normalized spacial score (nSPS) is 15.8. The number of nitrogens with zero attached hydrogens (tertiary/aromatic N) is 1. The summed E-state index contributed by atoms with van der Waals surface area (Å²) in [5.74, 6) is -1.75. The average Bonchev–Trinajstić information content (AvgIpc) is 2.66. The smallest absolute Gasteiger partial charge is 0.252 e. The van der Waals surface area contributed by atoms with Crippen molar-refractivity contribution in [1.82, 2.24) is 9.62 Å². The van der Waals surface area contributed by atoms with E-state index in [1.54, 1.807) is 26.0 Å². The molecule has 0 atom stereocenters. The van der Waals surface area contributed by atoms with Gasteiger partial charge < -0.3 is 5.32 Å². The first-order chi connectivity index (χ1) is 13.7. The first-order valence-corrected chi connectivity index (χ1v) is 11.1. The number of rotatable bonds is 7. The highest BCUT2D eigenvalue weighted by Gasteiger charge is 2.40. The van der Waals surface area contributed by atoms with Crippen molar-refractivity contribution >= 4 is 15.9 Å². The van der Waals surface area contributed by atoms with E-state index in [0.29, 0.717) is 12.8 Å². The molecule has 0 bridgehead atoms. The van der Waals surface area contributed by atoms with Crippen LogP contribution in [0, 0.1) is 11.6 Å². The van der Waals surface area contributed by atoms with E-state index in [-0.39, 0.29) is 24.5 Å². The zero-order valence-electron chi connectivity index (χ0n) is 16.4. The summed E-state index contributed by atoms with van der Waals surface area (Å²) >= 11 is 0. The molecule has 1 saturated carbocycles. The van der Waals surface area contributed by atoms with Crippen molar-refractivity contribution in [2.75, 3.05) is 13.1 Å². The molecule has 1 N–H and O–H groups in total. The van der Waals surface area contributed by atoms with Crippen molar-refractivity contribution in [2.24, 2.45) is 0 Å². The molecule has 3 rings (SSSR count). The third kappa shape index (κ3) is 4.04. The van der Waals surface area contributed by atoms with Crippen LogP contribution in [0.25, 0.3) is 0 Å². The Bertz CT molecular complexity index is 999. The van der Waals surface area contributed by atoms with E-state index in [0.717, 1.165) is 28.4 Å². The Hall–Kier alpha value is -2.32. The summed E-state index contributed by atoms with van der Waals surface area (Å²) in [6.07, 6.45) is 2.29. The van der Waals surface area contributed by atoms with Gasteiger partial charge in [0.05, 0.1) is 5.54 Å². The minimum absolute atomic E-state index is 0.0607. The SMILES string of the molecule is CCN(CC)S(=O)(=O)c1cc(C(=O)NC2(c3ccc(F)cc3)CCC2)ccc1F. The lowest BCUT2D eigenvalue weighted by Crippen LogP contribution is -2.50. The van der Waals surface area contributed by atoms with Gasteiger partial charge in [-0.25, -0.2) is 17.2 Å². The minimum Gasteiger partial charge on any atom is -0.343 e. The van der Waals surface area contributed by atoms with Crippen LogP contribution in [-0.4, -0.2) is 31.7 Å². The predicted molar refractivity (Wildman–Crippen MR) is 106 cm³/mol. The summed E-state index contributed by atoms with van der Waals surface area (Å²) in [6.45, 7) is 3.72.